The summed E-state index contributed by atoms with van der Waals surface area (Å²) >= 11 is 9.31. The van der Waals surface area contributed by atoms with E-state index in [1.807, 2.05) is 23.1 Å². The van der Waals surface area contributed by atoms with E-state index in [2.05, 4.69) is 61.4 Å². The molecule has 0 radical (unpaired) electrons. The highest BCUT2D eigenvalue weighted by molar-refractivity contribution is 14.1. The van der Waals surface area contributed by atoms with Gasteiger partial charge in [0.05, 0.1) is 5.56 Å². The molecule has 1 aliphatic rings. The average Bonchev–Trinajstić information content (AvgIpc) is 2.41. The lowest BCUT2D eigenvalue weighted by atomic mass is 9.94. The number of hydrogen-bond donors (Lipinski definition) is 0. The minimum Gasteiger partial charge on any atom is -0.339 e. The fraction of sp³-hybridized carbons (Fsp3) is 0.500. The molecule has 5 heteroatoms. The van der Waals surface area contributed by atoms with Crippen LogP contribution in [0.3, 0.4) is 0 Å². The molecule has 0 aliphatic carbocycles. The zero-order chi connectivity index (χ0) is 14.0. The lowest BCUT2D eigenvalue weighted by Crippen LogP contribution is -2.40. The Morgan fingerprint density at radius 3 is 2.63 bits per heavy atom. The van der Waals surface area contributed by atoms with Crippen molar-refractivity contribution in [1.82, 2.24) is 4.90 Å². The van der Waals surface area contributed by atoms with Gasteiger partial charge >= 0.3 is 0 Å². The summed E-state index contributed by atoms with van der Waals surface area (Å²) < 4.78 is 1.97. The monoisotopic (exact) mass is 499 g/mol. The van der Waals surface area contributed by atoms with Crippen molar-refractivity contribution in [3.63, 3.8) is 0 Å². The molecule has 0 bridgehead atoms. The molecule has 19 heavy (non-hydrogen) atoms. The summed E-state index contributed by atoms with van der Waals surface area (Å²) in [5, 5.41) is 0. The lowest BCUT2D eigenvalue weighted by molar-refractivity contribution is 0.0690. The van der Waals surface area contributed by atoms with Crippen LogP contribution in [-0.4, -0.2) is 28.7 Å². The van der Waals surface area contributed by atoms with Gasteiger partial charge < -0.3 is 4.90 Å². The van der Waals surface area contributed by atoms with E-state index in [-0.39, 0.29) is 5.91 Å². The summed E-state index contributed by atoms with van der Waals surface area (Å²) in [6, 6.07) is 5.87. The van der Waals surface area contributed by atoms with Crippen LogP contribution >= 0.6 is 54.5 Å². The van der Waals surface area contributed by atoms with Gasteiger partial charge in [-0.15, -0.1) is 0 Å². The molecule has 1 fully saturated rings. The van der Waals surface area contributed by atoms with E-state index in [0.717, 1.165) is 39.5 Å². The second-order valence-electron chi connectivity index (χ2n) is 4.93. The number of alkyl halides is 1. The van der Waals surface area contributed by atoms with Crippen molar-refractivity contribution in [3.05, 3.63) is 31.8 Å². The van der Waals surface area contributed by atoms with E-state index in [1.165, 1.54) is 0 Å². The number of rotatable bonds is 2. The number of carbonyl (C=O) groups excluding carboxylic acids is 1. The Bertz CT molecular complexity index is 471. The van der Waals surface area contributed by atoms with Crippen molar-refractivity contribution >= 4 is 60.4 Å². The van der Waals surface area contributed by atoms with Crippen molar-refractivity contribution in [2.45, 2.75) is 24.6 Å². The topological polar surface area (TPSA) is 20.3 Å². The largest absolute Gasteiger partial charge is 0.339 e. The van der Waals surface area contributed by atoms with Gasteiger partial charge in [-0.2, -0.15) is 0 Å². The van der Waals surface area contributed by atoms with Gasteiger partial charge in [0.15, 0.2) is 0 Å². The molecule has 1 aromatic carbocycles. The second-order valence-corrected chi connectivity index (χ2v) is 8.45. The van der Waals surface area contributed by atoms with Gasteiger partial charge in [0, 0.05) is 26.0 Å². The summed E-state index contributed by atoms with van der Waals surface area (Å²) in [4.78, 5) is 15.1. The van der Waals surface area contributed by atoms with E-state index >= 15 is 0 Å². The summed E-state index contributed by atoms with van der Waals surface area (Å²) in [5.41, 5.74) is 0.806. The van der Waals surface area contributed by atoms with E-state index in [4.69, 9.17) is 0 Å². The van der Waals surface area contributed by atoms with Crippen LogP contribution in [0.25, 0.3) is 0 Å². The number of nitrogens with zero attached hydrogens (tertiary/aromatic N) is 1. The zero-order valence-electron chi connectivity index (χ0n) is 10.7. The fourth-order valence-corrected chi connectivity index (χ4v) is 3.85. The maximum atomic E-state index is 12.5. The van der Waals surface area contributed by atoms with Gasteiger partial charge in [-0.3, -0.25) is 4.79 Å². The Hall–Kier alpha value is 0.380. The molecule has 1 aromatic rings. The molecular weight excluding hydrogens is 485 g/mol. The van der Waals surface area contributed by atoms with E-state index in [1.54, 1.807) is 0 Å². The maximum Gasteiger partial charge on any atom is 0.254 e. The first-order valence-corrected chi connectivity index (χ1v) is 9.16. The minimum absolute atomic E-state index is 0.159. The van der Waals surface area contributed by atoms with Crippen molar-refractivity contribution in [1.29, 1.82) is 0 Å². The first-order valence-electron chi connectivity index (χ1n) is 6.37. The molecule has 1 saturated heterocycles. The summed E-state index contributed by atoms with van der Waals surface area (Å²) in [5.74, 6) is 0.844. The smallest absolute Gasteiger partial charge is 0.254 e. The Morgan fingerprint density at radius 1 is 1.42 bits per heavy atom. The number of carbonyl (C=O) groups is 1. The quantitative estimate of drug-likeness (QED) is 0.426. The third-order valence-corrected chi connectivity index (χ3v) is 5.82. The Balaban J connectivity index is 2.07. The molecular formula is C14H16Br2INO. The van der Waals surface area contributed by atoms with Crippen LogP contribution in [0.1, 0.15) is 30.1 Å². The van der Waals surface area contributed by atoms with E-state index in [0.29, 0.717) is 10.7 Å². The predicted molar refractivity (Wildman–Crippen MR) is 93.9 cm³/mol. The van der Waals surface area contributed by atoms with Crippen molar-refractivity contribution < 1.29 is 4.79 Å². The maximum absolute atomic E-state index is 12.5. The van der Waals surface area contributed by atoms with Gasteiger partial charge in [-0.1, -0.05) is 38.8 Å². The third-order valence-electron chi connectivity index (χ3n) is 3.64. The summed E-state index contributed by atoms with van der Waals surface area (Å²) in [6.07, 6.45) is 2.17. The average molecular weight is 501 g/mol. The molecule has 104 valence electrons. The van der Waals surface area contributed by atoms with Crippen molar-refractivity contribution in [3.8, 4) is 0 Å². The van der Waals surface area contributed by atoms with Gasteiger partial charge in [0.1, 0.15) is 0 Å². The molecule has 2 nitrogen and oxygen atoms in total. The van der Waals surface area contributed by atoms with Gasteiger partial charge in [0.2, 0.25) is 0 Å². The Labute approximate surface area is 144 Å². The van der Waals surface area contributed by atoms with Crippen LogP contribution in [0.15, 0.2) is 22.7 Å². The number of hydrogen-bond acceptors (Lipinski definition) is 1. The van der Waals surface area contributed by atoms with Crippen LogP contribution in [0.4, 0.5) is 0 Å². The highest BCUT2D eigenvalue weighted by atomic mass is 127. The second kappa shape index (κ2) is 6.89. The molecule has 1 atom stereocenters. The van der Waals surface area contributed by atoms with Crippen molar-refractivity contribution in [2.24, 2.45) is 5.92 Å². The number of amides is 1. The SMILES string of the molecule is CC(Br)C1CCN(C(=O)c2cc(Br)ccc2I)CC1. The standard InChI is InChI=1S/C14H16Br2INO/c1-9(15)10-4-6-18(7-5-10)14(19)12-8-11(16)2-3-13(12)17/h2-3,8-10H,4-7H2,1H3. The fourth-order valence-electron chi connectivity index (χ4n) is 2.39. The number of piperidine rings is 1. The number of halogens is 3. The van der Waals surface area contributed by atoms with E-state index in [9.17, 15) is 4.79 Å². The van der Waals surface area contributed by atoms with Gasteiger partial charge in [-0.05, 0) is 59.5 Å². The van der Waals surface area contributed by atoms with Crippen LogP contribution in [0.5, 0.6) is 0 Å². The highest BCUT2D eigenvalue weighted by Gasteiger charge is 2.26. The van der Waals surface area contributed by atoms with Gasteiger partial charge in [-0.25, -0.2) is 0 Å². The molecule has 0 saturated carbocycles. The van der Waals surface area contributed by atoms with Crippen LogP contribution < -0.4 is 0 Å². The summed E-state index contributed by atoms with van der Waals surface area (Å²) in [7, 11) is 0. The molecule has 1 aliphatic heterocycles. The van der Waals surface area contributed by atoms with Crippen LogP contribution in [0.2, 0.25) is 0 Å². The van der Waals surface area contributed by atoms with Crippen molar-refractivity contribution in [2.75, 3.05) is 13.1 Å². The molecule has 1 amide bonds. The third kappa shape index (κ3) is 3.94. The number of likely N-dealkylation sites (tertiary alicyclic amines) is 1. The lowest BCUT2D eigenvalue weighted by Gasteiger charge is -2.33. The molecule has 1 unspecified atom stereocenters. The normalized spacial score (nSPS) is 18.4. The van der Waals surface area contributed by atoms with Crippen LogP contribution in [-0.2, 0) is 0 Å². The Kier molecular flexibility index (Phi) is 5.72. The molecule has 2 rings (SSSR count). The highest BCUT2D eigenvalue weighted by Crippen LogP contribution is 2.27. The number of benzene rings is 1. The first-order chi connectivity index (χ1) is 8.99. The molecule has 1 heterocycles. The molecule has 0 aromatic heterocycles. The predicted octanol–water partition coefficient (Wildman–Crippen LogP) is 4.69. The molecule has 0 spiro atoms. The summed E-state index contributed by atoms with van der Waals surface area (Å²) in [6.45, 7) is 3.92. The van der Waals surface area contributed by atoms with Gasteiger partial charge in [0.25, 0.3) is 5.91 Å². The first kappa shape index (κ1) is 15.8. The zero-order valence-corrected chi connectivity index (χ0v) is 16.0. The minimum atomic E-state index is 0.159. The molecule has 0 N–H and O–H groups in total. The Morgan fingerprint density at radius 2 is 2.05 bits per heavy atom. The van der Waals surface area contributed by atoms with Crippen LogP contribution in [0, 0.1) is 9.49 Å². The van der Waals surface area contributed by atoms with E-state index < -0.39 is 0 Å².